The first-order valence-corrected chi connectivity index (χ1v) is 11.7. The number of hydrogen-bond donors (Lipinski definition) is 2. The van der Waals surface area contributed by atoms with E-state index in [1.807, 2.05) is 44.2 Å². The third-order valence-electron chi connectivity index (χ3n) is 5.71. The van der Waals surface area contributed by atoms with Crippen molar-refractivity contribution in [2.75, 3.05) is 5.32 Å². The molecule has 10 nitrogen and oxygen atoms in total. The maximum atomic E-state index is 13.3. The second-order valence-electron chi connectivity index (χ2n) is 8.85. The first-order valence-electron chi connectivity index (χ1n) is 11.7. The Morgan fingerprint density at radius 2 is 1.65 bits per heavy atom. The normalized spacial score (nSPS) is 11.6. The van der Waals surface area contributed by atoms with E-state index in [0.717, 1.165) is 21.3 Å². The molecule has 0 unspecified atom stereocenters. The fourth-order valence-corrected chi connectivity index (χ4v) is 3.52. The molecule has 0 bridgehead atoms. The number of pyridine rings is 1. The molecule has 0 aliphatic carbocycles. The van der Waals surface area contributed by atoms with Crippen molar-refractivity contribution in [1.29, 1.82) is 0 Å². The number of nitrogens with one attached hydrogen (secondary N) is 1. The topological polar surface area (TPSA) is 128 Å². The molecule has 0 aliphatic rings. The van der Waals surface area contributed by atoms with Crippen molar-refractivity contribution in [3.8, 4) is 11.6 Å². The Bertz CT molecular complexity index is 1510. The number of hydrogen-bond acceptors (Lipinski definition) is 7. The van der Waals surface area contributed by atoms with Crippen LogP contribution < -0.4 is 21.4 Å². The molecule has 0 saturated heterocycles. The zero-order valence-corrected chi connectivity index (χ0v) is 20.7. The minimum Gasteiger partial charge on any atom is -0.481 e. The maximum Gasteiger partial charge on any atom is 0.354 e. The van der Waals surface area contributed by atoms with Crippen LogP contribution in [0.5, 0.6) is 11.6 Å². The summed E-state index contributed by atoms with van der Waals surface area (Å²) in [5, 5.41) is 12.3. The Hall–Kier alpha value is -4.73. The average Bonchev–Trinajstić information content (AvgIpc) is 2.87. The van der Waals surface area contributed by atoms with Gasteiger partial charge in [-0.3, -0.25) is 9.36 Å². The van der Waals surface area contributed by atoms with Gasteiger partial charge in [-0.2, -0.15) is 4.98 Å². The minimum absolute atomic E-state index is 0.0451. The van der Waals surface area contributed by atoms with Crippen LogP contribution in [0, 0.1) is 19.8 Å². The molecule has 1 atom stereocenters. The number of nitrogens with zero attached hydrogens (tertiary/aromatic N) is 4. The highest BCUT2D eigenvalue weighted by Crippen LogP contribution is 2.23. The molecule has 4 rings (SSSR count). The van der Waals surface area contributed by atoms with Gasteiger partial charge in [0, 0.05) is 24.5 Å². The van der Waals surface area contributed by atoms with E-state index in [0.29, 0.717) is 17.3 Å². The molecular weight excluding hydrogens is 474 g/mol. The minimum atomic E-state index is -1.11. The van der Waals surface area contributed by atoms with E-state index >= 15 is 0 Å². The van der Waals surface area contributed by atoms with Gasteiger partial charge >= 0.3 is 17.3 Å². The number of carbonyl (C=O) groups is 1. The average molecular weight is 502 g/mol. The molecule has 0 fully saturated rings. The summed E-state index contributed by atoms with van der Waals surface area (Å²) in [6, 6.07) is 18.2. The summed E-state index contributed by atoms with van der Waals surface area (Å²) in [4.78, 5) is 45.7. The van der Waals surface area contributed by atoms with Crippen LogP contribution in [0.3, 0.4) is 0 Å². The third kappa shape index (κ3) is 6.29. The van der Waals surface area contributed by atoms with E-state index in [4.69, 9.17) is 4.74 Å². The van der Waals surface area contributed by atoms with E-state index < -0.39 is 23.3 Å². The molecule has 0 radical (unpaired) electrons. The van der Waals surface area contributed by atoms with Crippen LogP contribution in [-0.4, -0.2) is 30.2 Å². The molecular formula is C27H27N5O5. The molecule has 0 spiro atoms. The molecule has 2 N–H and O–H groups in total. The molecule has 0 amide bonds. The van der Waals surface area contributed by atoms with Crippen LogP contribution in [0.1, 0.15) is 23.6 Å². The predicted octanol–water partition coefficient (Wildman–Crippen LogP) is 3.72. The Morgan fingerprint density at radius 1 is 0.973 bits per heavy atom. The van der Waals surface area contributed by atoms with Gasteiger partial charge in [-0.15, -0.1) is 0 Å². The van der Waals surface area contributed by atoms with Crippen molar-refractivity contribution in [2.45, 2.75) is 33.9 Å². The zero-order chi connectivity index (χ0) is 26.5. The predicted molar refractivity (Wildman–Crippen MR) is 139 cm³/mol. The van der Waals surface area contributed by atoms with E-state index in [-0.39, 0.29) is 19.0 Å². The lowest BCUT2D eigenvalue weighted by Gasteiger charge is -2.17. The molecule has 190 valence electrons. The number of aliphatic carboxylic acids is 1. The number of aryl methyl sites for hydroxylation is 2. The maximum absolute atomic E-state index is 13.3. The van der Waals surface area contributed by atoms with Crippen molar-refractivity contribution in [1.82, 2.24) is 19.1 Å². The number of anilines is 2. The van der Waals surface area contributed by atoms with Crippen molar-refractivity contribution in [3.63, 3.8) is 0 Å². The quantitative estimate of drug-likeness (QED) is 0.355. The summed E-state index contributed by atoms with van der Waals surface area (Å²) in [6.07, 6.45) is 1.71. The monoisotopic (exact) mass is 501 g/mol. The number of ether oxygens (including phenoxy) is 1. The summed E-state index contributed by atoms with van der Waals surface area (Å²) in [5.74, 6) is -0.983. The van der Waals surface area contributed by atoms with Gasteiger partial charge in [0.1, 0.15) is 5.75 Å². The second-order valence-corrected chi connectivity index (χ2v) is 8.85. The number of benzene rings is 2. The first kappa shape index (κ1) is 25.4. The Morgan fingerprint density at radius 3 is 2.27 bits per heavy atom. The van der Waals surface area contributed by atoms with Crippen LogP contribution in [-0.2, 0) is 17.9 Å². The van der Waals surface area contributed by atoms with Crippen LogP contribution in [0.2, 0.25) is 0 Å². The molecule has 10 heteroatoms. The number of rotatable bonds is 9. The zero-order valence-electron chi connectivity index (χ0n) is 20.7. The largest absolute Gasteiger partial charge is 0.481 e. The summed E-state index contributed by atoms with van der Waals surface area (Å²) < 4.78 is 7.92. The van der Waals surface area contributed by atoms with Gasteiger partial charge in [0.05, 0.1) is 12.5 Å². The number of carboxylic acid groups (broad SMARTS) is 1. The SMILES string of the molecule is Cc1ccc(Cn2c(Nc3ccc(Oc4ccc(C)cn4)cc3)nc(=O)n(C[C@@H](C)C(=O)O)c2=O)cc1. The first-order chi connectivity index (χ1) is 17.7. The molecule has 2 heterocycles. The van der Waals surface area contributed by atoms with E-state index in [9.17, 15) is 19.5 Å². The molecule has 0 aliphatic heterocycles. The van der Waals surface area contributed by atoms with Gasteiger partial charge in [-0.05, 0) is 49.2 Å². The third-order valence-corrected chi connectivity index (χ3v) is 5.71. The van der Waals surface area contributed by atoms with Crippen LogP contribution in [0.15, 0.2) is 76.4 Å². The highest BCUT2D eigenvalue weighted by molar-refractivity contribution is 5.69. The standard InChI is InChI=1S/C27H27N5O5/c1-17-4-7-20(8-5-17)16-31-25(30-26(35)32(27(31)36)15-19(3)24(33)34)29-21-9-11-22(12-10-21)37-23-13-6-18(2)14-28-23/h4-14,19H,15-16H2,1-3H3,(H,33,34)(H,29,30,35)/t19-/m1/s1. The van der Waals surface area contributed by atoms with E-state index in [1.54, 1.807) is 36.5 Å². The van der Waals surface area contributed by atoms with E-state index in [2.05, 4.69) is 15.3 Å². The van der Waals surface area contributed by atoms with Gasteiger partial charge in [0.2, 0.25) is 11.8 Å². The van der Waals surface area contributed by atoms with Crippen molar-refractivity contribution >= 4 is 17.6 Å². The smallest absolute Gasteiger partial charge is 0.354 e. The fourth-order valence-electron chi connectivity index (χ4n) is 3.52. The lowest BCUT2D eigenvalue weighted by atomic mass is 10.1. The Kier molecular flexibility index (Phi) is 7.47. The summed E-state index contributed by atoms with van der Waals surface area (Å²) >= 11 is 0. The van der Waals surface area contributed by atoms with Crippen LogP contribution in [0.4, 0.5) is 11.6 Å². The molecule has 4 aromatic rings. The molecule has 2 aromatic carbocycles. The number of carboxylic acids is 1. The molecule has 2 aromatic heterocycles. The summed E-state index contributed by atoms with van der Waals surface area (Å²) in [5.41, 5.74) is 2.01. The van der Waals surface area contributed by atoms with Gasteiger partial charge in [0.15, 0.2) is 0 Å². The lowest BCUT2D eigenvalue weighted by Crippen LogP contribution is -2.44. The Balaban J connectivity index is 1.65. The van der Waals surface area contributed by atoms with Gasteiger partial charge in [0.25, 0.3) is 0 Å². The molecule has 37 heavy (non-hydrogen) atoms. The van der Waals surface area contributed by atoms with Crippen LogP contribution >= 0.6 is 0 Å². The fraction of sp³-hybridized carbons (Fsp3) is 0.222. The lowest BCUT2D eigenvalue weighted by molar-refractivity contribution is -0.141. The summed E-state index contributed by atoms with van der Waals surface area (Å²) in [7, 11) is 0. The second kappa shape index (κ2) is 10.9. The van der Waals surface area contributed by atoms with Gasteiger partial charge < -0.3 is 15.2 Å². The van der Waals surface area contributed by atoms with Crippen molar-refractivity contribution in [2.24, 2.45) is 5.92 Å². The van der Waals surface area contributed by atoms with Crippen molar-refractivity contribution in [3.05, 3.63) is 105 Å². The number of aromatic nitrogens is 4. The van der Waals surface area contributed by atoms with Crippen molar-refractivity contribution < 1.29 is 14.6 Å². The van der Waals surface area contributed by atoms with Gasteiger partial charge in [-0.25, -0.2) is 19.1 Å². The van der Waals surface area contributed by atoms with Crippen LogP contribution in [0.25, 0.3) is 0 Å². The molecule has 0 saturated carbocycles. The Labute approximate surface area is 212 Å². The summed E-state index contributed by atoms with van der Waals surface area (Å²) in [6.45, 7) is 5.18. The van der Waals surface area contributed by atoms with Gasteiger partial charge in [-0.1, -0.05) is 42.8 Å². The highest BCUT2D eigenvalue weighted by Gasteiger charge is 2.19. The highest BCUT2D eigenvalue weighted by atomic mass is 16.5. The van der Waals surface area contributed by atoms with E-state index in [1.165, 1.54) is 11.5 Å².